The van der Waals surface area contributed by atoms with Crippen LogP contribution < -0.4 is 4.74 Å². The fraction of sp³-hybridized carbons (Fsp3) is 0.316. The van der Waals surface area contributed by atoms with E-state index in [0.717, 1.165) is 30.4 Å². The third-order valence-electron chi connectivity index (χ3n) is 3.64. The summed E-state index contributed by atoms with van der Waals surface area (Å²) in [5.41, 5.74) is 2.28. The molecule has 21 heavy (non-hydrogen) atoms. The third kappa shape index (κ3) is 4.19. The molecule has 2 nitrogen and oxygen atoms in total. The highest BCUT2D eigenvalue weighted by Crippen LogP contribution is 2.23. The van der Waals surface area contributed by atoms with E-state index in [1.165, 1.54) is 0 Å². The van der Waals surface area contributed by atoms with Crippen LogP contribution in [0.15, 0.2) is 54.6 Å². The molecule has 0 heterocycles. The Kier molecular flexibility index (Phi) is 5.56. The van der Waals surface area contributed by atoms with Crippen LogP contribution in [0.1, 0.15) is 33.1 Å². The van der Waals surface area contributed by atoms with E-state index >= 15 is 0 Å². The maximum Gasteiger partial charge on any atom is 0.314 e. The Morgan fingerprint density at radius 1 is 0.952 bits per heavy atom. The number of benzene rings is 2. The van der Waals surface area contributed by atoms with Gasteiger partial charge < -0.3 is 4.74 Å². The zero-order valence-electron chi connectivity index (χ0n) is 12.7. The Morgan fingerprint density at radius 2 is 1.57 bits per heavy atom. The fourth-order valence-corrected chi connectivity index (χ4v) is 2.38. The lowest BCUT2D eigenvalue weighted by molar-refractivity contribution is -0.139. The van der Waals surface area contributed by atoms with Gasteiger partial charge in [-0.15, -0.1) is 0 Å². The van der Waals surface area contributed by atoms with Crippen LogP contribution in [0.4, 0.5) is 0 Å². The smallest absolute Gasteiger partial charge is 0.314 e. The standard InChI is InChI=1S/C19H22O2/c1-3-8-15(4-2)19(20)21-18-13-11-17(12-14-18)16-9-6-5-7-10-16/h5-7,9-15H,3-4,8H2,1-2H3. The second-order valence-electron chi connectivity index (χ2n) is 5.21. The van der Waals surface area contributed by atoms with Crippen molar-refractivity contribution in [2.24, 2.45) is 5.92 Å². The molecule has 0 aromatic heterocycles. The molecule has 0 spiro atoms. The lowest BCUT2D eigenvalue weighted by Gasteiger charge is -2.13. The quantitative estimate of drug-likeness (QED) is 0.545. The largest absolute Gasteiger partial charge is 0.426 e. The summed E-state index contributed by atoms with van der Waals surface area (Å²) in [4.78, 5) is 12.1. The summed E-state index contributed by atoms with van der Waals surface area (Å²) in [6.07, 6.45) is 2.72. The van der Waals surface area contributed by atoms with Crippen molar-refractivity contribution in [3.8, 4) is 16.9 Å². The topological polar surface area (TPSA) is 26.3 Å². The summed E-state index contributed by atoms with van der Waals surface area (Å²) in [5.74, 6) is 0.504. The number of hydrogen-bond acceptors (Lipinski definition) is 2. The Hall–Kier alpha value is -2.09. The van der Waals surface area contributed by atoms with Gasteiger partial charge >= 0.3 is 5.97 Å². The second-order valence-corrected chi connectivity index (χ2v) is 5.21. The SMILES string of the molecule is CCCC(CC)C(=O)Oc1ccc(-c2ccccc2)cc1. The molecule has 0 amide bonds. The van der Waals surface area contributed by atoms with Crippen LogP contribution in [0.3, 0.4) is 0 Å². The summed E-state index contributed by atoms with van der Waals surface area (Å²) >= 11 is 0. The third-order valence-corrected chi connectivity index (χ3v) is 3.64. The van der Waals surface area contributed by atoms with Crippen molar-refractivity contribution in [2.75, 3.05) is 0 Å². The average molecular weight is 282 g/mol. The minimum Gasteiger partial charge on any atom is -0.426 e. The van der Waals surface area contributed by atoms with Gasteiger partial charge in [-0.3, -0.25) is 4.79 Å². The highest BCUT2D eigenvalue weighted by molar-refractivity contribution is 5.75. The van der Waals surface area contributed by atoms with Gasteiger partial charge in [0.1, 0.15) is 5.75 Å². The highest BCUT2D eigenvalue weighted by Gasteiger charge is 2.17. The molecule has 0 saturated heterocycles. The Labute approximate surface area is 126 Å². The Balaban J connectivity index is 2.04. The van der Waals surface area contributed by atoms with Crippen LogP contribution in [-0.4, -0.2) is 5.97 Å². The summed E-state index contributed by atoms with van der Waals surface area (Å²) < 4.78 is 5.47. The van der Waals surface area contributed by atoms with Crippen LogP contribution in [0.5, 0.6) is 5.75 Å². The van der Waals surface area contributed by atoms with Crippen LogP contribution in [0, 0.1) is 5.92 Å². The highest BCUT2D eigenvalue weighted by atomic mass is 16.5. The molecule has 110 valence electrons. The van der Waals surface area contributed by atoms with Gasteiger partial charge in [-0.1, -0.05) is 62.7 Å². The summed E-state index contributed by atoms with van der Waals surface area (Å²) in [6, 6.07) is 17.8. The van der Waals surface area contributed by atoms with Gasteiger partial charge in [0.2, 0.25) is 0 Å². The minimum absolute atomic E-state index is 0.00352. The van der Waals surface area contributed by atoms with Crippen LogP contribution >= 0.6 is 0 Å². The number of carbonyl (C=O) groups is 1. The second kappa shape index (κ2) is 7.63. The summed E-state index contributed by atoms with van der Waals surface area (Å²) in [6.45, 7) is 4.12. The molecular weight excluding hydrogens is 260 g/mol. The normalized spacial score (nSPS) is 11.9. The minimum atomic E-state index is -0.119. The predicted molar refractivity (Wildman–Crippen MR) is 86.2 cm³/mol. The van der Waals surface area contributed by atoms with E-state index in [4.69, 9.17) is 4.74 Å². The van der Waals surface area contributed by atoms with E-state index in [9.17, 15) is 4.79 Å². The lowest BCUT2D eigenvalue weighted by Crippen LogP contribution is -2.19. The van der Waals surface area contributed by atoms with Gasteiger partial charge in [0.25, 0.3) is 0 Å². The molecule has 0 fully saturated rings. The molecule has 2 aromatic carbocycles. The first kappa shape index (κ1) is 15.3. The van der Waals surface area contributed by atoms with Gasteiger partial charge in [0, 0.05) is 0 Å². The van der Waals surface area contributed by atoms with E-state index in [1.807, 2.05) is 49.4 Å². The van der Waals surface area contributed by atoms with Gasteiger partial charge in [-0.25, -0.2) is 0 Å². The van der Waals surface area contributed by atoms with Crippen molar-refractivity contribution in [1.82, 2.24) is 0 Å². The van der Waals surface area contributed by atoms with E-state index < -0.39 is 0 Å². The number of esters is 1. The zero-order valence-corrected chi connectivity index (χ0v) is 12.7. The zero-order chi connectivity index (χ0) is 15.1. The molecule has 0 aliphatic heterocycles. The molecule has 0 saturated carbocycles. The molecule has 0 N–H and O–H groups in total. The Morgan fingerprint density at radius 3 is 2.14 bits per heavy atom. The van der Waals surface area contributed by atoms with Gasteiger partial charge in [-0.2, -0.15) is 0 Å². The van der Waals surface area contributed by atoms with Crippen molar-refractivity contribution in [3.05, 3.63) is 54.6 Å². The molecule has 1 unspecified atom stereocenters. The van der Waals surface area contributed by atoms with E-state index in [1.54, 1.807) is 0 Å². The molecule has 0 bridgehead atoms. The molecule has 0 radical (unpaired) electrons. The molecule has 2 rings (SSSR count). The number of carbonyl (C=O) groups excluding carboxylic acids is 1. The molecule has 2 aromatic rings. The monoisotopic (exact) mass is 282 g/mol. The maximum atomic E-state index is 12.1. The molecular formula is C19H22O2. The maximum absolute atomic E-state index is 12.1. The van der Waals surface area contributed by atoms with E-state index in [0.29, 0.717) is 5.75 Å². The molecule has 2 heteroatoms. The average Bonchev–Trinajstić information content (AvgIpc) is 2.54. The first-order valence-corrected chi connectivity index (χ1v) is 7.61. The summed E-state index contributed by atoms with van der Waals surface area (Å²) in [5, 5.41) is 0. The van der Waals surface area contributed by atoms with Crippen molar-refractivity contribution in [1.29, 1.82) is 0 Å². The molecule has 0 aliphatic carbocycles. The van der Waals surface area contributed by atoms with Crippen LogP contribution in [0.25, 0.3) is 11.1 Å². The number of hydrogen-bond donors (Lipinski definition) is 0. The van der Waals surface area contributed by atoms with Crippen molar-refractivity contribution in [3.63, 3.8) is 0 Å². The number of ether oxygens (including phenoxy) is 1. The Bertz CT molecular complexity index is 558. The fourth-order valence-electron chi connectivity index (χ4n) is 2.38. The van der Waals surface area contributed by atoms with Gasteiger partial charge in [-0.05, 0) is 36.1 Å². The van der Waals surface area contributed by atoms with Crippen molar-refractivity contribution >= 4 is 5.97 Å². The number of rotatable bonds is 6. The summed E-state index contributed by atoms with van der Waals surface area (Å²) in [7, 11) is 0. The molecule has 0 aliphatic rings. The molecule has 1 atom stereocenters. The van der Waals surface area contributed by atoms with E-state index in [2.05, 4.69) is 19.1 Å². The van der Waals surface area contributed by atoms with Crippen molar-refractivity contribution in [2.45, 2.75) is 33.1 Å². The van der Waals surface area contributed by atoms with E-state index in [-0.39, 0.29) is 11.9 Å². The van der Waals surface area contributed by atoms with Gasteiger partial charge in [0.15, 0.2) is 0 Å². The van der Waals surface area contributed by atoms with Crippen LogP contribution in [0.2, 0.25) is 0 Å². The lowest BCUT2D eigenvalue weighted by atomic mass is 10.0. The first-order chi connectivity index (χ1) is 10.2. The van der Waals surface area contributed by atoms with Gasteiger partial charge in [0.05, 0.1) is 5.92 Å². The first-order valence-electron chi connectivity index (χ1n) is 7.61. The van der Waals surface area contributed by atoms with Crippen molar-refractivity contribution < 1.29 is 9.53 Å². The predicted octanol–water partition coefficient (Wildman–Crippen LogP) is 5.09. The van der Waals surface area contributed by atoms with Crippen LogP contribution in [-0.2, 0) is 4.79 Å².